The molecule has 0 atom stereocenters. The van der Waals surface area contributed by atoms with E-state index in [1.807, 2.05) is 4.72 Å². The number of nitrogens with zero attached hydrogens (tertiary/aromatic N) is 4. The third-order valence-corrected chi connectivity index (χ3v) is 6.15. The average molecular weight is 485 g/mol. The summed E-state index contributed by atoms with van der Waals surface area (Å²) in [7, 11) is -3.32. The van der Waals surface area contributed by atoms with Gasteiger partial charge in [-0.3, -0.25) is 4.72 Å². The zero-order chi connectivity index (χ0) is 24.6. The Bertz CT molecular complexity index is 1610. The second-order valence-corrected chi connectivity index (χ2v) is 8.49. The molecule has 0 aliphatic rings. The Kier molecular flexibility index (Phi) is 5.60. The maximum atomic E-state index is 15.3. The summed E-state index contributed by atoms with van der Waals surface area (Å²) in [5, 5.41) is 18.2. The van der Waals surface area contributed by atoms with E-state index >= 15 is 4.39 Å². The SMILES string of the molecule is COc1ncc(C#N)cc1S(=O)(=O)Nc1ccc(F)c(-c2ccc3c(C(=O)O)ncn3c2)c1F. The molecule has 0 radical (unpaired) electrons. The van der Waals surface area contributed by atoms with Gasteiger partial charge in [-0.1, -0.05) is 6.07 Å². The van der Waals surface area contributed by atoms with Gasteiger partial charge in [0.15, 0.2) is 16.4 Å². The molecule has 0 spiro atoms. The quantitative estimate of drug-likeness (QED) is 0.424. The van der Waals surface area contributed by atoms with E-state index in [0.29, 0.717) is 0 Å². The van der Waals surface area contributed by atoms with Crippen LogP contribution >= 0.6 is 0 Å². The zero-order valence-electron chi connectivity index (χ0n) is 17.2. The highest BCUT2D eigenvalue weighted by molar-refractivity contribution is 7.92. The number of hydrogen-bond acceptors (Lipinski definition) is 7. The first-order chi connectivity index (χ1) is 16.2. The van der Waals surface area contributed by atoms with E-state index in [4.69, 9.17) is 15.1 Å². The first kappa shape index (κ1) is 22.6. The summed E-state index contributed by atoms with van der Waals surface area (Å²) in [5.74, 6) is -3.79. The topological polar surface area (TPSA) is 147 Å². The number of carboxylic acid groups (broad SMARTS) is 1. The summed E-state index contributed by atoms with van der Waals surface area (Å²) >= 11 is 0. The molecule has 0 unspecified atom stereocenters. The summed E-state index contributed by atoms with van der Waals surface area (Å²) in [6.45, 7) is 0. The van der Waals surface area contributed by atoms with E-state index in [1.165, 1.54) is 36.2 Å². The molecule has 0 fully saturated rings. The molecule has 3 aromatic heterocycles. The number of rotatable bonds is 6. The Morgan fingerprint density at radius 3 is 2.68 bits per heavy atom. The molecule has 0 aliphatic carbocycles. The minimum absolute atomic E-state index is 0.00334. The van der Waals surface area contributed by atoms with E-state index in [9.17, 15) is 17.6 Å². The lowest BCUT2D eigenvalue weighted by atomic mass is 10.1. The molecule has 34 heavy (non-hydrogen) atoms. The van der Waals surface area contributed by atoms with Crippen LogP contribution < -0.4 is 9.46 Å². The van der Waals surface area contributed by atoms with Gasteiger partial charge < -0.3 is 14.2 Å². The van der Waals surface area contributed by atoms with Gasteiger partial charge in [0.2, 0.25) is 5.88 Å². The molecule has 0 aliphatic heterocycles. The fourth-order valence-electron chi connectivity index (χ4n) is 3.25. The number of methoxy groups -OCH3 is 1. The Balaban J connectivity index is 1.79. The summed E-state index contributed by atoms with van der Waals surface area (Å²) in [6.07, 6.45) is 3.54. The summed E-state index contributed by atoms with van der Waals surface area (Å²) < 4.78 is 64.0. The van der Waals surface area contributed by atoms with Crippen LogP contribution in [-0.2, 0) is 10.0 Å². The molecule has 2 N–H and O–H groups in total. The largest absolute Gasteiger partial charge is 0.480 e. The number of anilines is 1. The summed E-state index contributed by atoms with van der Waals surface area (Å²) in [6, 6.07) is 7.14. The lowest BCUT2D eigenvalue weighted by Gasteiger charge is -2.14. The minimum atomic E-state index is -4.50. The average Bonchev–Trinajstić information content (AvgIpc) is 3.24. The first-order valence-electron chi connectivity index (χ1n) is 9.31. The second kappa shape index (κ2) is 8.41. The lowest BCUT2D eigenvalue weighted by Crippen LogP contribution is -2.16. The molecular weight excluding hydrogens is 472 g/mol. The number of ether oxygens (including phenoxy) is 1. The van der Waals surface area contributed by atoms with E-state index in [0.717, 1.165) is 24.4 Å². The maximum Gasteiger partial charge on any atom is 0.356 e. The number of pyridine rings is 2. The van der Waals surface area contributed by atoms with Crippen molar-refractivity contribution in [3.05, 3.63) is 71.9 Å². The molecule has 0 saturated heterocycles. The standard InChI is InChI=1S/C21H13F2N5O5S/c1-33-20-16(6-11(7-24)8-25-20)34(31,32)27-14-4-3-13(22)17(18(14)23)12-2-5-15-19(21(29)30)26-10-28(15)9-12/h2-6,8-10,27H,1H3,(H,29,30). The van der Waals surface area contributed by atoms with E-state index < -0.39 is 43.8 Å². The predicted molar refractivity (Wildman–Crippen MR) is 114 cm³/mol. The number of nitriles is 1. The van der Waals surface area contributed by atoms with Crippen LogP contribution in [0.2, 0.25) is 0 Å². The Hall–Kier alpha value is -4.57. The van der Waals surface area contributed by atoms with Gasteiger partial charge in [0.1, 0.15) is 18.2 Å². The number of carbonyl (C=O) groups is 1. The van der Waals surface area contributed by atoms with Crippen molar-refractivity contribution in [2.75, 3.05) is 11.8 Å². The Labute approximate surface area is 190 Å². The van der Waals surface area contributed by atoms with Crippen molar-refractivity contribution in [3.8, 4) is 23.1 Å². The number of hydrogen-bond donors (Lipinski definition) is 2. The summed E-state index contributed by atoms with van der Waals surface area (Å²) in [4.78, 5) is 18.2. The van der Waals surface area contributed by atoms with E-state index in [-0.39, 0.29) is 28.2 Å². The number of fused-ring (bicyclic) bond motifs is 1. The van der Waals surface area contributed by atoms with Crippen LogP contribution in [0, 0.1) is 23.0 Å². The summed E-state index contributed by atoms with van der Waals surface area (Å²) in [5.41, 5.74) is -1.23. The first-order valence-corrected chi connectivity index (χ1v) is 10.8. The predicted octanol–water partition coefficient (Wildman–Crippen LogP) is 3.05. The molecule has 13 heteroatoms. The zero-order valence-corrected chi connectivity index (χ0v) is 18.0. The van der Waals surface area contributed by atoms with Crippen molar-refractivity contribution in [2.24, 2.45) is 0 Å². The van der Waals surface area contributed by atoms with Crippen molar-refractivity contribution < 1.29 is 31.8 Å². The molecule has 10 nitrogen and oxygen atoms in total. The molecule has 0 bridgehead atoms. The van der Waals surface area contributed by atoms with Crippen LogP contribution in [0.5, 0.6) is 5.88 Å². The normalized spacial score (nSPS) is 11.2. The molecule has 0 amide bonds. The van der Waals surface area contributed by atoms with Gasteiger partial charge in [0.25, 0.3) is 10.0 Å². The third kappa shape index (κ3) is 3.86. The Morgan fingerprint density at radius 1 is 1.24 bits per heavy atom. The van der Waals surface area contributed by atoms with Crippen LogP contribution in [-0.4, -0.2) is 41.0 Å². The molecule has 3 heterocycles. The maximum absolute atomic E-state index is 15.3. The van der Waals surface area contributed by atoms with Gasteiger partial charge in [0.05, 0.1) is 29.4 Å². The Morgan fingerprint density at radius 2 is 2.00 bits per heavy atom. The molecular formula is C21H13F2N5O5S. The van der Waals surface area contributed by atoms with Crippen molar-refractivity contribution in [1.82, 2.24) is 14.4 Å². The van der Waals surface area contributed by atoms with Crippen molar-refractivity contribution in [2.45, 2.75) is 4.90 Å². The molecule has 172 valence electrons. The third-order valence-electron chi connectivity index (χ3n) is 4.79. The fourth-order valence-corrected chi connectivity index (χ4v) is 4.45. The number of benzene rings is 1. The number of aromatic carboxylic acids is 1. The number of imidazole rings is 1. The smallest absolute Gasteiger partial charge is 0.356 e. The number of halogens is 2. The number of sulfonamides is 1. The van der Waals surface area contributed by atoms with Crippen molar-refractivity contribution >= 4 is 27.2 Å². The highest BCUT2D eigenvalue weighted by atomic mass is 32.2. The highest BCUT2D eigenvalue weighted by Gasteiger charge is 2.25. The van der Waals surface area contributed by atoms with E-state index in [1.54, 1.807) is 6.07 Å². The van der Waals surface area contributed by atoms with Crippen LogP contribution in [0.3, 0.4) is 0 Å². The van der Waals surface area contributed by atoms with Gasteiger partial charge in [0, 0.05) is 18.0 Å². The van der Waals surface area contributed by atoms with Crippen LogP contribution in [0.25, 0.3) is 16.6 Å². The van der Waals surface area contributed by atoms with E-state index in [2.05, 4.69) is 9.97 Å². The molecule has 0 saturated carbocycles. The van der Waals surface area contributed by atoms with Crippen molar-refractivity contribution in [3.63, 3.8) is 0 Å². The minimum Gasteiger partial charge on any atom is -0.480 e. The second-order valence-electron chi connectivity index (χ2n) is 6.84. The van der Waals surface area contributed by atoms with Gasteiger partial charge in [-0.2, -0.15) is 5.26 Å². The molecule has 1 aromatic carbocycles. The number of carboxylic acids is 1. The van der Waals surface area contributed by atoms with Gasteiger partial charge in [-0.05, 0) is 24.3 Å². The number of nitrogens with one attached hydrogen (secondary N) is 1. The lowest BCUT2D eigenvalue weighted by molar-refractivity contribution is 0.0693. The van der Waals surface area contributed by atoms with Gasteiger partial charge in [-0.15, -0.1) is 0 Å². The van der Waals surface area contributed by atoms with Crippen LogP contribution in [0.4, 0.5) is 14.5 Å². The van der Waals surface area contributed by atoms with Crippen molar-refractivity contribution in [1.29, 1.82) is 5.26 Å². The highest BCUT2D eigenvalue weighted by Crippen LogP contribution is 2.33. The van der Waals surface area contributed by atoms with Gasteiger partial charge >= 0.3 is 5.97 Å². The molecule has 4 rings (SSSR count). The van der Waals surface area contributed by atoms with Gasteiger partial charge in [-0.25, -0.2) is 32.0 Å². The van der Waals surface area contributed by atoms with Crippen LogP contribution in [0.1, 0.15) is 16.1 Å². The molecule has 4 aromatic rings. The monoisotopic (exact) mass is 485 g/mol. The fraction of sp³-hybridized carbons (Fsp3) is 0.0476. The van der Waals surface area contributed by atoms with Crippen LogP contribution in [0.15, 0.2) is 53.9 Å². The number of aromatic nitrogens is 3.